The molecule has 0 amide bonds. The van der Waals surface area contributed by atoms with Gasteiger partial charge in [-0.2, -0.15) is 0 Å². The predicted octanol–water partition coefficient (Wildman–Crippen LogP) is 2.42. The maximum atomic E-state index is 8.12. The van der Waals surface area contributed by atoms with Crippen LogP contribution in [0, 0.1) is 5.92 Å². The Labute approximate surface area is 79.5 Å². The minimum Gasteiger partial charge on any atom is -0.303 e. The molecule has 1 rings (SSSR count). The maximum absolute atomic E-state index is 8.12. The van der Waals surface area contributed by atoms with Gasteiger partial charge in [0.15, 0.2) is 0 Å². The largest absolute Gasteiger partial charge is 0.303 e. The Morgan fingerprint density at radius 1 is 1.46 bits per heavy atom. The van der Waals surface area contributed by atoms with Crippen LogP contribution in [0.15, 0.2) is 5.11 Å². The average Bonchev–Trinajstić information content (AvgIpc) is 2.19. The van der Waals surface area contributed by atoms with E-state index >= 15 is 0 Å². The fourth-order valence-electron chi connectivity index (χ4n) is 1.85. The SMILES string of the molecule is CCC1CCN(CCN=[N+]=[N-])CC1. The van der Waals surface area contributed by atoms with Crippen molar-refractivity contribution < 1.29 is 0 Å². The number of hydrogen-bond donors (Lipinski definition) is 0. The molecule has 0 bridgehead atoms. The molecule has 0 saturated carbocycles. The third kappa shape index (κ3) is 3.66. The van der Waals surface area contributed by atoms with Crippen LogP contribution in [0.3, 0.4) is 0 Å². The molecule has 0 N–H and O–H groups in total. The molecule has 13 heavy (non-hydrogen) atoms. The topological polar surface area (TPSA) is 52.0 Å². The van der Waals surface area contributed by atoms with Gasteiger partial charge in [0.25, 0.3) is 0 Å². The summed E-state index contributed by atoms with van der Waals surface area (Å²) in [5.74, 6) is 0.927. The molecule has 1 fully saturated rings. The summed E-state index contributed by atoms with van der Waals surface area (Å²) < 4.78 is 0. The second-order valence-electron chi connectivity index (χ2n) is 3.65. The van der Waals surface area contributed by atoms with E-state index in [1.807, 2.05) is 0 Å². The Bertz CT molecular complexity index is 178. The van der Waals surface area contributed by atoms with Crippen LogP contribution in [0.2, 0.25) is 0 Å². The van der Waals surface area contributed by atoms with Crippen LogP contribution in [0.5, 0.6) is 0 Å². The number of piperidine rings is 1. The molecule has 0 aliphatic carbocycles. The van der Waals surface area contributed by atoms with Gasteiger partial charge >= 0.3 is 0 Å². The van der Waals surface area contributed by atoms with Crippen LogP contribution in [-0.4, -0.2) is 31.1 Å². The minimum atomic E-state index is 0.618. The van der Waals surface area contributed by atoms with Crippen molar-refractivity contribution in [3.63, 3.8) is 0 Å². The first-order valence-electron chi connectivity index (χ1n) is 5.10. The van der Waals surface area contributed by atoms with Gasteiger partial charge < -0.3 is 4.90 Å². The Balaban J connectivity index is 2.13. The van der Waals surface area contributed by atoms with Gasteiger partial charge in [-0.25, -0.2) is 0 Å². The summed E-state index contributed by atoms with van der Waals surface area (Å²) in [6.45, 7) is 6.17. The van der Waals surface area contributed by atoms with Crippen LogP contribution in [0.25, 0.3) is 10.4 Å². The van der Waals surface area contributed by atoms with E-state index in [0.29, 0.717) is 6.54 Å². The second kappa shape index (κ2) is 5.84. The maximum Gasteiger partial charge on any atom is 0.0385 e. The number of nitrogens with zero attached hydrogens (tertiary/aromatic N) is 4. The molecule has 0 aromatic rings. The average molecular weight is 182 g/mol. The first-order valence-corrected chi connectivity index (χ1v) is 5.10. The first kappa shape index (κ1) is 10.4. The van der Waals surface area contributed by atoms with Gasteiger partial charge in [0, 0.05) is 18.0 Å². The number of hydrogen-bond acceptors (Lipinski definition) is 2. The van der Waals surface area contributed by atoms with Crippen molar-refractivity contribution >= 4 is 0 Å². The van der Waals surface area contributed by atoms with Crippen molar-refractivity contribution in [1.82, 2.24) is 4.90 Å². The molecule has 0 radical (unpaired) electrons. The highest BCUT2D eigenvalue weighted by atomic mass is 15.2. The summed E-state index contributed by atoms with van der Waals surface area (Å²) in [4.78, 5) is 5.14. The summed E-state index contributed by atoms with van der Waals surface area (Å²) in [7, 11) is 0. The Morgan fingerprint density at radius 3 is 2.69 bits per heavy atom. The fourth-order valence-corrected chi connectivity index (χ4v) is 1.85. The van der Waals surface area contributed by atoms with Crippen LogP contribution < -0.4 is 0 Å². The molecule has 1 saturated heterocycles. The van der Waals surface area contributed by atoms with Crippen molar-refractivity contribution in [2.75, 3.05) is 26.2 Å². The first-order chi connectivity index (χ1) is 6.36. The fraction of sp³-hybridized carbons (Fsp3) is 1.00. The van der Waals surface area contributed by atoms with Crippen LogP contribution in [0.4, 0.5) is 0 Å². The lowest BCUT2D eigenvalue weighted by molar-refractivity contribution is 0.186. The summed E-state index contributed by atoms with van der Waals surface area (Å²) >= 11 is 0. The van der Waals surface area contributed by atoms with Gasteiger partial charge in [0.2, 0.25) is 0 Å². The van der Waals surface area contributed by atoms with Crippen molar-refractivity contribution in [2.24, 2.45) is 11.0 Å². The van der Waals surface area contributed by atoms with E-state index < -0.39 is 0 Å². The molecule has 4 heteroatoms. The molecule has 1 heterocycles. The Morgan fingerprint density at radius 2 is 2.15 bits per heavy atom. The molecule has 0 spiro atoms. The molecular formula is C9H18N4. The monoisotopic (exact) mass is 182 g/mol. The molecule has 0 aromatic carbocycles. The van der Waals surface area contributed by atoms with E-state index in [4.69, 9.17) is 5.53 Å². The van der Waals surface area contributed by atoms with E-state index in [1.165, 1.54) is 32.4 Å². The molecular weight excluding hydrogens is 164 g/mol. The zero-order valence-electron chi connectivity index (χ0n) is 8.32. The van der Waals surface area contributed by atoms with Crippen molar-refractivity contribution in [3.8, 4) is 0 Å². The summed E-state index contributed by atoms with van der Waals surface area (Å²) in [5, 5.41) is 3.54. The molecule has 0 atom stereocenters. The van der Waals surface area contributed by atoms with Gasteiger partial charge in [-0.3, -0.25) is 0 Å². The summed E-state index contributed by atoms with van der Waals surface area (Å²) in [6, 6.07) is 0. The van der Waals surface area contributed by atoms with Crippen LogP contribution in [0.1, 0.15) is 26.2 Å². The Kier molecular flexibility index (Phi) is 4.65. The quantitative estimate of drug-likeness (QED) is 0.374. The zero-order valence-corrected chi connectivity index (χ0v) is 8.32. The highest BCUT2D eigenvalue weighted by molar-refractivity contribution is 4.71. The van der Waals surface area contributed by atoms with E-state index in [-0.39, 0.29) is 0 Å². The lowest BCUT2D eigenvalue weighted by Crippen LogP contribution is -2.35. The molecule has 4 nitrogen and oxygen atoms in total. The van der Waals surface area contributed by atoms with Gasteiger partial charge in [-0.1, -0.05) is 18.5 Å². The normalized spacial score (nSPS) is 19.8. The van der Waals surface area contributed by atoms with Crippen molar-refractivity contribution in [3.05, 3.63) is 10.4 Å². The highest BCUT2D eigenvalue weighted by Gasteiger charge is 2.16. The number of likely N-dealkylation sites (tertiary alicyclic amines) is 1. The van der Waals surface area contributed by atoms with E-state index in [2.05, 4.69) is 21.8 Å². The van der Waals surface area contributed by atoms with Crippen LogP contribution in [-0.2, 0) is 0 Å². The molecule has 0 unspecified atom stereocenters. The lowest BCUT2D eigenvalue weighted by atomic mass is 9.94. The van der Waals surface area contributed by atoms with Gasteiger partial charge in [0.1, 0.15) is 0 Å². The molecule has 0 aromatic heterocycles. The van der Waals surface area contributed by atoms with E-state index in [0.717, 1.165) is 12.5 Å². The smallest absolute Gasteiger partial charge is 0.0385 e. The second-order valence-corrected chi connectivity index (χ2v) is 3.65. The highest BCUT2D eigenvalue weighted by Crippen LogP contribution is 2.19. The van der Waals surface area contributed by atoms with Gasteiger partial charge in [0.05, 0.1) is 0 Å². The lowest BCUT2D eigenvalue weighted by Gasteiger charge is -2.30. The van der Waals surface area contributed by atoms with E-state index in [1.54, 1.807) is 0 Å². The summed E-state index contributed by atoms with van der Waals surface area (Å²) in [5.41, 5.74) is 8.12. The van der Waals surface area contributed by atoms with Gasteiger partial charge in [-0.15, -0.1) is 0 Å². The van der Waals surface area contributed by atoms with Crippen LogP contribution >= 0.6 is 0 Å². The Hall–Kier alpha value is -0.730. The minimum absolute atomic E-state index is 0.618. The predicted molar refractivity (Wildman–Crippen MR) is 53.5 cm³/mol. The number of rotatable bonds is 4. The molecule has 74 valence electrons. The zero-order chi connectivity index (χ0) is 9.52. The number of azide groups is 1. The van der Waals surface area contributed by atoms with Gasteiger partial charge in [-0.05, 0) is 37.4 Å². The standard InChI is InChI=1S/C9H18N4/c1-2-9-3-6-13(7-4-9)8-5-11-12-10/h9H,2-8H2,1H3. The van der Waals surface area contributed by atoms with Crippen molar-refractivity contribution in [2.45, 2.75) is 26.2 Å². The third-order valence-corrected chi connectivity index (χ3v) is 2.86. The summed E-state index contributed by atoms with van der Waals surface area (Å²) in [6.07, 6.45) is 3.93. The molecule has 1 aliphatic heterocycles. The molecule has 1 aliphatic rings. The van der Waals surface area contributed by atoms with E-state index in [9.17, 15) is 0 Å². The van der Waals surface area contributed by atoms with Crippen molar-refractivity contribution in [1.29, 1.82) is 0 Å². The third-order valence-electron chi connectivity index (χ3n) is 2.86.